The summed E-state index contributed by atoms with van der Waals surface area (Å²) in [5.41, 5.74) is 0.688. The van der Waals surface area contributed by atoms with E-state index in [4.69, 9.17) is 28.9 Å². The molecule has 36 heavy (non-hydrogen) atoms. The van der Waals surface area contributed by atoms with Crippen LogP contribution in [0.1, 0.15) is 73.0 Å². The monoisotopic (exact) mass is 507 g/mol. The number of hydrogen-bond donors (Lipinski definition) is 1. The third-order valence-electron chi connectivity index (χ3n) is 7.01. The van der Waals surface area contributed by atoms with Crippen LogP contribution >= 0.6 is 0 Å². The zero-order valence-electron chi connectivity index (χ0n) is 23.0. The summed E-state index contributed by atoms with van der Waals surface area (Å²) in [5, 5.41) is 10.2. The highest BCUT2D eigenvalue weighted by Gasteiger charge is 2.57. The van der Waals surface area contributed by atoms with Gasteiger partial charge in [-0.25, -0.2) is 0 Å². The molecule has 4 aliphatic rings. The van der Waals surface area contributed by atoms with Gasteiger partial charge in [-0.15, -0.1) is 0 Å². The summed E-state index contributed by atoms with van der Waals surface area (Å²) in [5.74, 6) is 0.317. The summed E-state index contributed by atoms with van der Waals surface area (Å²) < 4.78 is 28.3. The van der Waals surface area contributed by atoms with E-state index in [0.717, 1.165) is 50.6 Å². The Morgan fingerprint density at radius 3 is 1.89 bits per heavy atom. The summed E-state index contributed by atoms with van der Waals surface area (Å²) >= 11 is 0. The Balaban J connectivity index is 0.000000543. The van der Waals surface area contributed by atoms with Crippen LogP contribution in [0.4, 0.5) is 0 Å². The number of aliphatic hydroxyl groups is 1. The predicted octanol–water partition coefficient (Wildman–Crippen LogP) is 4.26. The van der Waals surface area contributed by atoms with Gasteiger partial charge in [0, 0.05) is 29.3 Å². The summed E-state index contributed by atoms with van der Waals surface area (Å²) in [6.07, 6.45) is 1.90. The van der Waals surface area contributed by atoms with Crippen molar-refractivity contribution in [3.63, 3.8) is 0 Å². The van der Waals surface area contributed by atoms with Gasteiger partial charge in [0.1, 0.15) is 30.7 Å². The molecule has 5 rings (SSSR count). The number of hydrogen-bond acceptors (Lipinski definition) is 8. The molecule has 1 aromatic rings. The Morgan fingerprint density at radius 1 is 0.917 bits per heavy atom. The first-order valence-corrected chi connectivity index (χ1v) is 13.2. The minimum Gasteiger partial charge on any atom is -0.491 e. The second kappa shape index (κ2) is 10.5. The van der Waals surface area contributed by atoms with Crippen LogP contribution in [0, 0.1) is 5.41 Å². The van der Waals surface area contributed by atoms with Gasteiger partial charge in [-0.1, -0.05) is 26.0 Å². The highest BCUT2D eigenvalue weighted by Crippen LogP contribution is 2.49. The van der Waals surface area contributed by atoms with Crippen molar-refractivity contribution in [1.82, 2.24) is 5.06 Å². The number of rotatable bonds is 7. The lowest BCUT2D eigenvalue weighted by Crippen LogP contribution is -2.68. The van der Waals surface area contributed by atoms with Crippen molar-refractivity contribution in [2.45, 2.75) is 96.5 Å². The summed E-state index contributed by atoms with van der Waals surface area (Å²) in [7, 11) is 0. The number of benzene rings is 1. The van der Waals surface area contributed by atoms with Gasteiger partial charge >= 0.3 is 0 Å². The molecule has 4 aliphatic heterocycles. The molecule has 204 valence electrons. The van der Waals surface area contributed by atoms with Crippen LogP contribution in [0.5, 0.6) is 5.75 Å². The molecule has 0 radical (unpaired) electrons. The van der Waals surface area contributed by atoms with Crippen molar-refractivity contribution in [3.8, 4) is 5.75 Å². The van der Waals surface area contributed by atoms with E-state index in [9.17, 15) is 0 Å². The Bertz CT molecular complexity index is 831. The number of ether oxygens (including phenoxy) is 5. The van der Waals surface area contributed by atoms with E-state index < -0.39 is 5.79 Å². The third kappa shape index (κ3) is 7.19. The molecule has 4 saturated heterocycles. The molecule has 3 unspecified atom stereocenters. The van der Waals surface area contributed by atoms with E-state index in [1.807, 2.05) is 12.1 Å². The lowest BCUT2D eigenvalue weighted by Gasteiger charge is -2.59. The first-order valence-electron chi connectivity index (χ1n) is 13.2. The van der Waals surface area contributed by atoms with Crippen LogP contribution in [-0.2, 0) is 23.8 Å². The maximum atomic E-state index is 8.08. The molecule has 0 bridgehead atoms. The fraction of sp³-hybridized carbons (Fsp3) is 0.786. The summed E-state index contributed by atoms with van der Waals surface area (Å²) in [6, 6.07) is 8.16. The Morgan fingerprint density at radius 2 is 1.44 bits per heavy atom. The van der Waals surface area contributed by atoms with Crippen molar-refractivity contribution < 1.29 is 33.6 Å². The Kier molecular flexibility index (Phi) is 8.08. The lowest BCUT2D eigenvalue weighted by molar-refractivity contribution is -0.387. The Hall–Kier alpha value is -1.26. The number of aliphatic hydroxyl groups excluding tert-OH is 1. The first kappa shape index (κ1) is 27.8. The maximum absolute atomic E-state index is 8.08. The minimum atomic E-state index is -0.546. The average molecular weight is 508 g/mol. The molecule has 4 heterocycles. The van der Waals surface area contributed by atoms with Crippen LogP contribution in [-0.4, -0.2) is 78.9 Å². The van der Waals surface area contributed by atoms with E-state index >= 15 is 0 Å². The van der Waals surface area contributed by atoms with Gasteiger partial charge in [0.25, 0.3) is 0 Å². The van der Waals surface area contributed by atoms with Crippen LogP contribution < -0.4 is 4.74 Å². The first-order chi connectivity index (χ1) is 16.8. The molecular weight excluding hydrogens is 462 g/mol. The average Bonchev–Trinajstić information content (AvgIpc) is 3.72. The van der Waals surface area contributed by atoms with Gasteiger partial charge in [0.15, 0.2) is 5.79 Å². The molecule has 8 heteroatoms. The summed E-state index contributed by atoms with van der Waals surface area (Å²) in [4.78, 5) is 6.59. The fourth-order valence-corrected chi connectivity index (χ4v) is 5.15. The molecule has 1 N–H and O–H groups in total. The smallest absolute Gasteiger partial charge is 0.171 e. The van der Waals surface area contributed by atoms with Gasteiger partial charge in [0.2, 0.25) is 0 Å². The molecule has 3 atom stereocenters. The molecule has 1 spiro atoms. The number of epoxide rings is 2. The van der Waals surface area contributed by atoms with Gasteiger partial charge < -0.3 is 28.8 Å². The predicted molar refractivity (Wildman–Crippen MR) is 136 cm³/mol. The molecular formula is C28H45NO7. The molecule has 0 aliphatic carbocycles. The van der Waals surface area contributed by atoms with Crippen molar-refractivity contribution in [3.05, 3.63) is 29.8 Å². The van der Waals surface area contributed by atoms with E-state index in [1.54, 1.807) is 0 Å². The van der Waals surface area contributed by atoms with E-state index in [1.165, 1.54) is 0 Å². The second-order valence-corrected chi connectivity index (χ2v) is 12.6. The number of nitrogens with zero attached hydrogens (tertiary/aromatic N) is 1. The molecule has 0 saturated carbocycles. The molecule has 1 aromatic carbocycles. The normalized spacial score (nSPS) is 30.1. The number of hydroxylamine groups is 2. The summed E-state index contributed by atoms with van der Waals surface area (Å²) in [6.45, 7) is 19.1. The lowest BCUT2D eigenvalue weighted by atomic mass is 9.77. The maximum Gasteiger partial charge on any atom is 0.171 e. The van der Waals surface area contributed by atoms with Crippen LogP contribution in [0.3, 0.4) is 0 Å². The van der Waals surface area contributed by atoms with Crippen LogP contribution in [0.2, 0.25) is 0 Å². The van der Waals surface area contributed by atoms with Gasteiger partial charge in [-0.2, -0.15) is 5.06 Å². The van der Waals surface area contributed by atoms with E-state index in [2.05, 4.69) is 70.4 Å². The molecule has 0 amide bonds. The quantitative estimate of drug-likeness (QED) is 0.548. The highest BCUT2D eigenvalue weighted by molar-refractivity contribution is 5.28. The van der Waals surface area contributed by atoms with Crippen LogP contribution in [0.15, 0.2) is 24.3 Å². The van der Waals surface area contributed by atoms with Crippen molar-refractivity contribution in [2.24, 2.45) is 5.41 Å². The van der Waals surface area contributed by atoms with Gasteiger partial charge in [-0.05, 0) is 52.3 Å². The Labute approximate surface area is 216 Å². The molecule has 0 aromatic heterocycles. The van der Waals surface area contributed by atoms with Gasteiger partial charge in [0.05, 0.1) is 33.0 Å². The van der Waals surface area contributed by atoms with Crippen LogP contribution in [0.25, 0.3) is 0 Å². The SMILES string of the molecule is CC(ON1C(C)(C)CC2(CC1(C)C)OCC(C)(C)CO2)c1ccc(OCC2CO2)cc1.OCC1CO1. The standard InChI is InChI=1S/C25H39NO5.C3H6O2/c1-18(19-8-10-20(11-9-19)27-12-21-13-28-21)31-26-23(4,5)14-25(15-24(26,6)7)29-16-22(2,3)17-30-25;4-1-3-2-5-3/h8-11,18,21H,12-17H2,1-7H3;3-4H,1-2H2. The van der Waals surface area contributed by atoms with Crippen molar-refractivity contribution in [2.75, 3.05) is 39.6 Å². The van der Waals surface area contributed by atoms with Gasteiger partial charge in [-0.3, -0.25) is 4.84 Å². The zero-order chi connectivity index (χ0) is 26.2. The third-order valence-corrected chi connectivity index (χ3v) is 7.01. The van der Waals surface area contributed by atoms with Crippen molar-refractivity contribution in [1.29, 1.82) is 0 Å². The highest BCUT2D eigenvalue weighted by atomic mass is 16.7. The largest absolute Gasteiger partial charge is 0.491 e. The topological polar surface area (TPSA) is 85.5 Å². The fourth-order valence-electron chi connectivity index (χ4n) is 5.15. The zero-order valence-corrected chi connectivity index (χ0v) is 23.0. The number of piperidine rings is 1. The second-order valence-electron chi connectivity index (χ2n) is 12.6. The van der Waals surface area contributed by atoms with E-state index in [-0.39, 0.29) is 41.4 Å². The van der Waals surface area contributed by atoms with Crippen molar-refractivity contribution >= 4 is 0 Å². The van der Waals surface area contributed by atoms with E-state index in [0.29, 0.717) is 6.61 Å². The molecule has 4 fully saturated rings. The molecule has 8 nitrogen and oxygen atoms in total. The minimum absolute atomic E-state index is 0.0588.